The van der Waals surface area contributed by atoms with Gasteiger partial charge in [0.2, 0.25) is 0 Å². The number of nitrogens with zero attached hydrogens (tertiary/aromatic N) is 1. The second kappa shape index (κ2) is 12.5. The SMILES string of the molecule is CCC(CC)OC(=O)C[C@H](O)C(=O)OC[C@H]1O[C@@H](N2C=CCC(C(=O)O)=C2)[C@H](OC(C)=O)[C@@H]1C. The van der Waals surface area contributed by atoms with Crippen LogP contribution in [0.2, 0.25) is 0 Å². The number of rotatable bonds is 11. The van der Waals surface area contributed by atoms with Gasteiger partial charge in [0.1, 0.15) is 18.8 Å². The summed E-state index contributed by atoms with van der Waals surface area (Å²) in [5.74, 6) is -3.74. The maximum Gasteiger partial charge on any atom is 0.335 e. The Hall–Kier alpha value is -2.92. The highest BCUT2D eigenvalue weighted by Crippen LogP contribution is 2.33. The van der Waals surface area contributed by atoms with Gasteiger partial charge in [-0.1, -0.05) is 26.8 Å². The topological polar surface area (TPSA) is 149 Å². The lowest BCUT2D eigenvalue weighted by atomic mass is 10.00. The highest BCUT2D eigenvalue weighted by atomic mass is 16.6. The molecule has 0 unspecified atom stereocenters. The Bertz CT molecular complexity index is 819. The summed E-state index contributed by atoms with van der Waals surface area (Å²) in [6.45, 7) is 6.45. The Balaban J connectivity index is 2.00. The van der Waals surface area contributed by atoms with Crippen LogP contribution in [0.4, 0.5) is 0 Å². The maximum atomic E-state index is 12.2. The fraction of sp³-hybridized carbons (Fsp3) is 0.652. The highest BCUT2D eigenvalue weighted by Gasteiger charge is 2.47. The van der Waals surface area contributed by atoms with E-state index in [9.17, 15) is 29.4 Å². The first-order valence-corrected chi connectivity index (χ1v) is 11.3. The van der Waals surface area contributed by atoms with Gasteiger partial charge in [0.25, 0.3) is 0 Å². The Morgan fingerprint density at radius 1 is 1.24 bits per heavy atom. The molecule has 2 N–H and O–H groups in total. The summed E-state index contributed by atoms with van der Waals surface area (Å²) in [5, 5.41) is 19.3. The molecule has 0 saturated carbocycles. The minimum Gasteiger partial charge on any atom is -0.478 e. The number of carbonyl (C=O) groups is 4. The Labute approximate surface area is 198 Å². The van der Waals surface area contributed by atoms with Crippen molar-refractivity contribution >= 4 is 23.9 Å². The molecule has 0 radical (unpaired) electrons. The fourth-order valence-corrected chi connectivity index (χ4v) is 3.71. The average molecular weight is 484 g/mol. The third kappa shape index (κ3) is 7.29. The van der Waals surface area contributed by atoms with Gasteiger partial charge in [0, 0.05) is 31.7 Å². The van der Waals surface area contributed by atoms with E-state index in [0.29, 0.717) is 12.8 Å². The van der Waals surface area contributed by atoms with Crippen LogP contribution in [0.15, 0.2) is 24.0 Å². The molecule has 11 nitrogen and oxygen atoms in total. The van der Waals surface area contributed by atoms with Crippen molar-refractivity contribution in [3.05, 3.63) is 24.0 Å². The molecule has 11 heteroatoms. The van der Waals surface area contributed by atoms with Gasteiger partial charge in [0.15, 0.2) is 18.4 Å². The monoisotopic (exact) mass is 483 g/mol. The van der Waals surface area contributed by atoms with E-state index in [1.54, 1.807) is 19.2 Å². The molecule has 0 aromatic heterocycles. The first kappa shape index (κ1) is 27.3. The van der Waals surface area contributed by atoms with Crippen LogP contribution in [0.5, 0.6) is 0 Å². The van der Waals surface area contributed by atoms with Crippen molar-refractivity contribution in [3.8, 4) is 0 Å². The van der Waals surface area contributed by atoms with Crippen LogP contribution in [0.25, 0.3) is 0 Å². The van der Waals surface area contributed by atoms with Crippen molar-refractivity contribution in [2.75, 3.05) is 6.61 Å². The molecule has 0 spiro atoms. The van der Waals surface area contributed by atoms with Gasteiger partial charge in [-0.05, 0) is 12.8 Å². The lowest BCUT2D eigenvalue weighted by molar-refractivity contribution is -0.166. The van der Waals surface area contributed by atoms with Gasteiger partial charge in [-0.25, -0.2) is 9.59 Å². The summed E-state index contributed by atoms with van der Waals surface area (Å²) in [5.41, 5.74) is 0.138. The van der Waals surface area contributed by atoms with Crippen LogP contribution >= 0.6 is 0 Å². The number of carboxylic acids is 1. The largest absolute Gasteiger partial charge is 0.478 e. The first-order chi connectivity index (χ1) is 16.1. The molecule has 0 aromatic carbocycles. The van der Waals surface area contributed by atoms with E-state index in [0.717, 1.165) is 0 Å². The zero-order valence-corrected chi connectivity index (χ0v) is 19.8. The molecule has 190 valence electrons. The second-order valence-corrected chi connectivity index (χ2v) is 8.27. The van der Waals surface area contributed by atoms with Gasteiger partial charge in [-0.2, -0.15) is 0 Å². The molecule has 2 heterocycles. The van der Waals surface area contributed by atoms with E-state index in [1.807, 2.05) is 13.8 Å². The van der Waals surface area contributed by atoms with Gasteiger partial charge in [-0.15, -0.1) is 0 Å². The zero-order valence-electron chi connectivity index (χ0n) is 19.8. The van der Waals surface area contributed by atoms with E-state index in [2.05, 4.69) is 0 Å². The number of carbonyl (C=O) groups excluding carboxylic acids is 3. The Kier molecular flexibility index (Phi) is 10.1. The van der Waals surface area contributed by atoms with Gasteiger partial charge in [0.05, 0.1) is 12.0 Å². The minimum atomic E-state index is -1.69. The fourth-order valence-electron chi connectivity index (χ4n) is 3.71. The predicted octanol–water partition coefficient (Wildman–Crippen LogP) is 1.49. The number of esters is 3. The average Bonchev–Trinajstić information content (AvgIpc) is 3.10. The highest BCUT2D eigenvalue weighted by molar-refractivity contribution is 5.87. The summed E-state index contributed by atoms with van der Waals surface area (Å²) < 4.78 is 21.7. The quantitative estimate of drug-likeness (QED) is 0.325. The van der Waals surface area contributed by atoms with E-state index < -0.39 is 60.8 Å². The molecule has 34 heavy (non-hydrogen) atoms. The molecule has 0 aliphatic carbocycles. The van der Waals surface area contributed by atoms with E-state index >= 15 is 0 Å². The number of ether oxygens (including phenoxy) is 4. The van der Waals surface area contributed by atoms with Crippen LogP contribution in [0.3, 0.4) is 0 Å². The number of aliphatic carboxylic acids is 1. The molecule has 2 aliphatic heterocycles. The first-order valence-electron chi connectivity index (χ1n) is 11.3. The minimum absolute atomic E-state index is 0.138. The normalized spacial score (nSPS) is 25.0. The standard InChI is InChI=1S/C23H33NO10/c1-5-16(6-2)33-19(27)10-17(26)23(30)31-12-18-13(3)20(32-14(4)25)21(34-18)24-9-7-8-15(11-24)22(28)29/h7,9,11,13,16-18,20-21,26H,5-6,8,10,12H2,1-4H3,(H,28,29)/t13-,17+,18-,20-,21-/m1/s1. The molecule has 1 fully saturated rings. The summed E-state index contributed by atoms with van der Waals surface area (Å²) in [7, 11) is 0. The number of carboxylic acid groups (broad SMARTS) is 1. The predicted molar refractivity (Wildman–Crippen MR) is 117 cm³/mol. The lowest BCUT2D eigenvalue weighted by Crippen LogP contribution is -2.40. The summed E-state index contributed by atoms with van der Waals surface area (Å²) in [6, 6.07) is 0. The van der Waals surface area contributed by atoms with Crippen LogP contribution in [0, 0.1) is 5.92 Å². The number of hydrogen-bond donors (Lipinski definition) is 2. The van der Waals surface area contributed by atoms with E-state index in [4.69, 9.17) is 18.9 Å². The molecule has 2 aliphatic rings. The molecule has 2 rings (SSSR count). The van der Waals surface area contributed by atoms with Crippen molar-refractivity contribution in [2.45, 2.75) is 84.0 Å². The van der Waals surface area contributed by atoms with Crippen molar-refractivity contribution in [1.82, 2.24) is 4.90 Å². The van der Waals surface area contributed by atoms with Crippen molar-refractivity contribution in [1.29, 1.82) is 0 Å². The van der Waals surface area contributed by atoms with Crippen molar-refractivity contribution in [2.24, 2.45) is 5.92 Å². The Morgan fingerprint density at radius 2 is 1.91 bits per heavy atom. The third-order valence-corrected chi connectivity index (χ3v) is 5.72. The molecule has 0 amide bonds. The summed E-state index contributed by atoms with van der Waals surface area (Å²) in [4.78, 5) is 48.6. The molecule has 0 aromatic rings. The molecule has 0 bridgehead atoms. The Morgan fingerprint density at radius 3 is 2.50 bits per heavy atom. The maximum absolute atomic E-state index is 12.2. The van der Waals surface area contributed by atoms with E-state index in [-0.39, 0.29) is 24.7 Å². The van der Waals surface area contributed by atoms with Crippen molar-refractivity contribution in [3.63, 3.8) is 0 Å². The number of hydrogen-bond acceptors (Lipinski definition) is 10. The third-order valence-electron chi connectivity index (χ3n) is 5.72. The molecular formula is C23H33NO10. The van der Waals surface area contributed by atoms with Crippen LogP contribution in [-0.2, 0) is 38.1 Å². The van der Waals surface area contributed by atoms with Gasteiger partial charge in [-0.3, -0.25) is 9.59 Å². The van der Waals surface area contributed by atoms with Crippen LogP contribution in [-0.4, -0.2) is 76.2 Å². The summed E-state index contributed by atoms with van der Waals surface area (Å²) >= 11 is 0. The lowest BCUT2D eigenvalue weighted by Gasteiger charge is -2.30. The summed E-state index contributed by atoms with van der Waals surface area (Å²) in [6.07, 6.45) is 1.35. The van der Waals surface area contributed by atoms with Gasteiger partial charge < -0.3 is 34.1 Å². The van der Waals surface area contributed by atoms with Crippen molar-refractivity contribution < 1.29 is 48.3 Å². The van der Waals surface area contributed by atoms with Gasteiger partial charge >= 0.3 is 23.9 Å². The smallest absolute Gasteiger partial charge is 0.335 e. The molecule has 5 atom stereocenters. The number of aliphatic hydroxyl groups is 1. The zero-order chi connectivity index (χ0) is 25.4. The molecular weight excluding hydrogens is 450 g/mol. The van der Waals surface area contributed by atoms with Crippen LogP contribution in [0.1, 0.15) is 53.4 Å². The molecule has 1 saturated heterocycles. The van der Waals surface area contributed by atoms with Crippen LogP contribution < -0.4 is 0 Å². The second-order valence-electron chi connectivity index (χ2n) is 8.27. The number of allylic oxidation sites excluding steroid dienone is 1. The van der Waals surface area contributed by atoms with E-state index in [1.165, 1.54) is 18.0 Å². The number of aliphatic hydroxyl groups excluding tert-OH is 1.